The number of morpholine rings is 1. The van der Waals surface area contributed by atoms with Crippen LogP contribution >= 0.6 is 22.7 Å². The second kappa shape index (κ2) is 8.47. The molecule has 1 aliphatic heterocycles. The van der Waals surface area contributed by atoms with E-state index in [0.717, 1.165) is 47.3 Å². The number of carbonyl (C=O) groups is 1. The van der Waals surface area contributed by atoms with E-state index in [1.807, 2.05) is 36.2 Å². The number of anilines is 1. The summed E-state index contributed by atoms with van der Waals surface area (Å²) in [5.41, 5.74) is 2.28. The molecule has 4 nitrogen and oxygen atoms in total. The second-order valence-electron chi connectivity index (χ2n) is 6.90. The molecule has 0 spiro atoms. The average Bonchev–Trinajstić information content (AvgIpc) is 3.44. The van der Waals surface area contributed by atoms with Gasteiger partial charge in [-0.25, -0.2) is 0 Å². The molecule has 0 aliphatic carbocycles. The molecular weight excluding hydrogens is 388 g/mol. The topological polar surface area (TPSA) is 32.8 Å². The van der Waals surface area contributed by atoms with Crippen LogP contribution in [0.25, 0.3) is 11.1 Å². The first kappa shape index (κ1) is 19.2. The Morgan fingerprint density at radius 1 is 1.14 bits per heavy atom. The van der Waals surface area contributed by atoms with Crippen molar-refractivity contribution in [1.82, 2.24) is 4.90 Å². The molecule has 0 N–H and O–H groups in total. The maximum atomic E-state index is 13.3. The minimum absolute atomic E-state index is 0.0570. The van der Waals surface area contributed by atoms with Crippen LogP contribution in [0.3, 0.4) is 0 Å². The smallest absolute Gasteiger partial charge is 0.264 e. The third-order valence-corrected chi connectivity index (χ3v) is 7.39. The van der Waals surface area contributed by atoms with Crippen molar-refractivity contribution in [2.45, 2.75) is 13.0 Å². The monoisotopic (exact) mass is 412 g/mol. The number of amides is 1. The summed E-state index contributed by atoms with van der Waals surface area (Å²) in [5.74, 6) is 0.0718. The van der Waals surface area contributed by atoms with Crippen molar-refractivity contribution in [1.29, 1.82) is 0 Å². The minimum Gasteiger partial charge on any atom is -0.378 e. The third kappa shape index (κ3) is 3.85. The summed E-state index contributed by atoms with van der Waals surface area (Å²) < 4.78 is 5.52. The van der Waals surface area contributed by atoms with Crippen molar-refractivity contribution >= 4 is 33.6 Å². The predicted molar refractivity (Wildman–Crippen MR) is 118 cm³/mol. The number of hydrogen-bond acceptors (Lipinski definition) is 5. The molecule has 0 radical (unpaired) electrons. The van der Waals surface area contributed by atoms with Gasteiger partial charge < -0.3 is 14.5 Å². The first-order valence-electron chi connectivity index (χ1n) is 9.47. The van der Waals surface area contributed by atoms with Gasteiger partial charge in [0.25, 0.3) is 5.91 Å². The van der Waals surface area contributed by atoms with Gasteiger partial charge in [-0.2, -0.15) is 0 Å². The van der Waals surface area contributed by atoms with Gasteiger partial charge in [-0.3, -0.25) is 4.79 Å². The molecule has 0 saturated carbocycles. The summed E-state index contributed by atoms with van der Waals surface area (Å²) in [5, 5.41) is 3.22. The Hall–Kier alpha value is -2.15. The minimum atomic E-state index is 0.0570. The van der Waals surface area contributed by atoms with E-state index in [4.69, 9.17) is 4.74 Å². The van der Waals surface area contributed by atoms with Gasteiger partial charge in [0.2, 0.25) is 0 Å². The standard InChI is InChI=1S/C22H24N2O2S2/c1-16(19-9-6-14-27-19)23(2)21(25)20-15-18(17-7-4-3-5-8-17)22(28-20)24-10-12-26-13-11-24/h3-9,14-16H,10-13H2,1-2H3. The largest absolute Gasteiger partial charge is 0.378 e. The first-order valence-corrected chi connectivity index (χ1v) is 11.2. The Kier molecular flexibility index (Phi) is 5.80. The van der Waals surface area contributed by atoms with Crippen molar-refractivity contribution in [2.75, 3.05) is 38.3 Å². The summed E-state index contributed by atoms with van der Waals surface area (Å²) >= 11 is 3.28. The Bertz CT molecular complexity index is 915. The molecular formula is C22H24N2O2S2. The quantitative estimate of drug-likeness (QED) is 0.581. The van der Waals surface area contributed by atoms with Gasteiger partial charge in [-0.15, -0.1) is 22.7 Å². The van der Waals surface area contributed by atoms with Crippen LogP contribution in [-0.2, 0) is 4.74 Å². The van der Waals surface area contributed by atoms with E-state index in [0.29, 0.717) is 0 Å². The molecule has 3 heterocycles. The van der Waals surface area contributed by atoms with E-state index in [2.05, 4.69) is 41.5 Å². The van der Waals surface area contributed by atoms with Crippen LogP contribution in [0.2, 0.25) is 0 Å². The third-order valence-electron chi connectivity index (χ3n) is 5.16. The normalized spacial score (nSPS) is 15.4. The summed E-state index contributed by atoms with van der Waals surface area (Å²) in [6.07, 6.45) is 0. The average molecular weight is 413 g/mol. The fourth-order valence-corrected chi connectivity index (χ4v) is 5.42. The maximum Gasteiger partial charge on any atom is 0.264 e. The lowest BCUT2D eigenvalue weighted by Gasteiger charge is -2.28. The van der Waals surface area contributed by atoms with Gasteiger partial charge in [0.05, 0.1) is 29.1 Å². The van der Waals surface area contributed by atoms with Crippen LogP contribution in [-0.4, -0.2) is 44.2 Å². The molecule has 4 rings (SSSR count). The second-order valence-corrected chi connectivity index (χ2v) is 8.91. The molecule has 1 saturated heterocycles. The maximum absolute atomic E-state index is 13.3. The van der Waals surface area contributed by atoms with Gasteiger partial charge >= 0.3 is 0 Å². The number of nitrogens with zero attached hydrogens (tertiary/aromatic N) is 2. The van der Waals surface area contributed by atoms with Crippen molar-refractivity contribution < 1.29 is 9.53 Å². The van der Waals surface area contributed by atoms with Crippen molar-refractivity contribution in [3.05, 3.63) is 63.7 Å². The van der Waals surface area contributed by atoms with Gasteiger partial charge in [-0.05, 0) is 30.0 Å². The summed E-state index contributed by atoms with van der Waals surface area (Å²) in [4.78, 5) is 19.4. The highest BCUT2D eigenvalue weighted by molar-refractivity contribution is 7.18. The van der Waals surface area contributed by atoms with Gasteiger partial charge in [0, 0.05) is 30.6 Å². The zero-order valence-corrected chi connectivity index (χ0v) is 17.8. The molecule has 2 aromatic heterocycles. The van der Waals surface area contributed by atoms with Gasteiger partial charge in [-0.1, -0.05) is 36.4 Å². The van der Waals surface area contributed by atoms with E-state index in [-0.39, 0.29) is 11.9 Å². The number of thiophene rings is 2. The van der Waals surface area contributed by atoms with Crippen molar-refractivity contribution in [3.8, 4) is 11.1 Å². The van der Waals surface area contributed by atoms with Gasteiger partial charge in [0.15, 0.2) is 0 Å². The lowest BCUT2D eigenvalue weighted by Crippen LogP contribution is -2.35. The number of benzene rings is 1. The Morgan fingerprint density at radius 3 is 2.57 bits per heavy atom. The zero-order valence-electron chi connectivity index (χ0n) is 16.1. The van der Waals surface area contributed by atoms with Gasteiger partial charge in [0.1, 0.15) is 0 Å². The predicted octanol–water partition coefficient (Wildman–Crippen LogP) is 5.15. The van der Waals surface area contributed by atoms with E-state index in [1.54, 1.807) is 22.7 Å². The van der Waals surface area contributed by atoms with E-state index in [9.17, 15) is 4.79 Å². The summed E-state index contributed by atoms with van der Waals surface area (Å²) in [6.45, 7) is 5.25. The molecule has 1 unspecified atom stereocenters. The fraction of sp³-hybridized carbons (Fsp3) is 0.318. The molecule has 1 amide bonds. The Balaban J connectivity index is 1.67. The van der Waals surface area contributed by atoms with Crippen LogP contribution in [0.1, 0.15) is 27.5 Å². The summed E-state index contributed by atoms with van der Waals surface area (Å²) in [6, 6.07) is 16.6. The molecule has 6 heteroatoms. The highest BCUT2D eigenvalue weighted by atomic mass is 32.1. The van der Waals surface area contributed by atoms with E-state index < -0.39 is 0 Å². The number of carbonyl (C=O) groups excluding carboxylic acids is 1. The fourth-order valence-electron chi connectivity index (χ4n) is 3.38. The number of hydrogen-bond donors (Lipinski definition) is 0. The molecule has 146 valence electrons. The summed E-state index contributed by atoms with van der Waals surface area (Å²) in [7, 11) is 1.89. The molecule has 0 bridgehead atoms. The van der Waals surface area contributed by atoms with Crippen LogP contribution in [0, 0.1) is 0 Å². The highest BCUT2D eigenvalue weighted by Crippen LogP contribution is 2.40. The van der Waals surface area contributed by atoms with Crippen LogP contribution in [0.5, 0.6) is 0 Å². The molecule has 28 heavy (non-hydrogen) atoms. The molecule has 1 atom stereocenters. The molecule has 3 aromatic rings. The van der Waals surface area contributed by atoms with Crippen LogP contribution in [0.4, 0.5) is 5.00 Å². The van der Waals surface area contributed by atoms with E-state index >= 15 is 0 Å². The highest BCUT2D eigenvalue weighted by Gasteiger charge is 2.25. The lowest BCUT2D eigenvalue weighted by atomic mass is 10.1. The number of ether oxygens (including phenoxy) is 1. The Labute approximate surface area is 174 Å². The Morgan fingerprint density at radius 2 is 1.89 bits per heavy atom. The van der Waals surface area contributed by atoms with Crippen molar-refractivity contribution in [3.63, 3.8) is 0 Å². The molecule has 1 fully saturated rings. The lowest BCUT2D eigenvalue weighted by molar-refractivity contribution is 0.0750. The molecule has 1 aliphatic rings. The first-order chi connectivity index (χ1) is 13.6. The van der Waals surface area contributed by atoms with E-state index in [1.165, 1.54) is 4.88 Å². The SMILES string of the molecule is CC(c1cccs1)N(C)C(=O)c1cc(-c2ccccc2)c(N2CCOCC2)s1. The van der Waals surface area contributed by atoms with Crippen LogP contribution < -0.4 is 4.90 Å². The van der Waals surface area contributed by atoms with Crippen molar-refractivity contribution in [2.24, 2.45) is 0 Å². The zero-order chi connectivity index (χ0) is 19.5. The number of rotatable bonds is 5. The van der Waals surface area contributed by atoms with Crippen LogP contribution in [0.15, 0.2) is 53.9 Å². The molecule has 1 aromatic carbocycles.